The SMILES string of the molecule is COc1cccc2c1C[C@@H](C(=O)O)N(C(=O)OCC1c3ccccc3-c3ccccc31)C2. The molecule has 6 heteroatoms. The summed E-state index contributed by atoms with van der Waals surface area (Å²) < 4.78 is 11.1. The van der Waals surface area contributed by atoms with Gasteiger partial charge in [-0.15, -0.1) is 0 Å². The van der Waals surface area contributed by atoms with Crippen LogP contribution in [0.25, 0.3) is 11.1 Å². The smallest absolute Gasteiger partial charge is 0.410 e. The van der Waals surface area contributed by atoms with Gasteiger partial charge in [0.25, 0.3) is 0 Å². The van der Waals surface area contributed by atoms with Gasteiger partial charge >= 0.3 is 12.1 Å². The molecule has 0 saturated carbocycles. The second-order valence-corrected chi connectivity index (χ2v) is 8.09. The van der Waals surface area contributed by atoms with Gasteiger partial charge in [0.1, 0.15) is 18.4 Å². The van der Waals surface area contributed by atoms with E-state index in [1.54, 1.807) is 13.2 Å². The van der Waals surface area contributed by atoms with Crippen molar-refractivity contribution in [2.45, 2.75) is 24.9 Å². The van der Waals surface area contributed by atoms with Crippen LogP contribution < -0.4 is 4.74 Å². The summed E-state index contributed by atoms with van der Waals surface area (Å²) in [6.07, 6.45) is -0.438. The van der Waals surface area contributed by atoms with E-state index in [1.165, 1.54) is 4.90 Å². The van der Waals surface area contributed by atoms with Crippen molar-refractivity contribution in [2.24, 2.45) is 0 Å². The average molecular weight is 429 g/mol. The van der Waals surface area contributed by atoms with Gasteiger partial charge in [0.05, 0.1) is 13.7 Å². The Hall–Kier alpha value is -3.80. The molecular weight excluding hydrogens is 406 g/mol. The Morgan fingerprint density at radius 2 is 1.62 bits per heavy atom. The largest absolute Gasteiger partial charge is 0.496 e. The van der Waals surface area contributed by atoms with E-state index in [9.17, 15) is 14.7 Å². The molecule has 1 atom stereocenters. The molecule has 0 saturated heterocycles. The van der Waals surface area contributed by atoms with Gasteiger partial charge in [0, 0.05) is 17.9 Å². The number of fused-ring (bicyclic) bond motifs is 4. The molecule has 0 bridgehead atoms. The molecule has 2 aliphatic rings. The molecule has 1 heterocycles. The Kier molecular flexibility index (Phi) is 5.05. The minimum Gasteiger partial charge on any atom is -0.496 e. The van der Waals surface area contributed by atoms with E-state index in [4.69, 9.17) is 9.47 Å². The first-order chi connectivity index (χ1) is 15.6. The van der Waals surface area contributed by atoms with Crippen LogP contribution in [-0.4, -0.2) is 41.8 Å². The second-order valence-electron chi connectivity index (χ2n) is 8.09. The van der Waals surface area contributed by atoms with Crippen molar-refractivity contribution in [3.63, 3.8) is 0 Å². The van der Waals surface area contributed by atoms with E-state index in [0.29, 0.717) is 5.75 Å². The zero-order valence-corrected chi connectivity index (χ0v) is 17.7. The summed E-state index contributed by atoms with van der Waals surface area (Å²) in [5, 5.41) is 9.80. The third-order valence-corrected chi connectivity index (χ3v) is 6.42. The lowest BCUT2D eigenvalue weighted by Crippen LogP contribution is -2.49. The third kappa shape index (κ3) is 3.28. The number of benzene rings is 3. The summed E-state index contributed by atoms with van der Waals surface area (Å²) in [6.45, 7) is 0.320. The maximum Gasteiger partial charge on any atom is 0.410 e. The van der Waals surface area contributed by atoms with Gasteiger partial charge in [0.15, 0.2) is 0 Å². The summed E-state index contributed by atoms with van der Waals surface area (Å²) >= 11 is 0. The number of carbonyl (C=O) groups excluding carboxylic acids is 1. The Labute approximate surface area is 186 Å². The van der Waals surface area contributed by atoms with Crippen molar-refractivity contribution in [3.05, 3.63) is 89.0 Å². The molecule has 0 unspecified atom stereocenters. The molecule has 6 nitrogen and oxygen atoms in total. The number of carboxylic acid groups (broad SMARTS) is 1. The molecule has 3 aromatic carbocycles. The molecule has 1 aliphatic carbocycles. The van der Waals surface area contributed by atoms with Crippen molar-refractivity contribution < 1.29 is 24.2 Å². The van der Waals surface area contributed by atoms with Crippen LogP contribution in [0.2, 0.25) is 0 Å². The summed E-state index contributed by atoms with van der Waals surface area (Å²) in [6, 6.07) is 20.8. The number of amides is 1. The third-order valence-electron chi connectivity index (χ3n) is 6.42. The van der Waals surface area contributed by atoms with E-state index < -0.39 is 18.1 Å². The van der Waals surface area contributed by atoms with E-state index in [1.807, 2.05) is 36.4 Å². The van der Waals surface area contributed by atoms with E-state index in [0.717, 1.165) is 33.4 Å². The van der Waals surface area contributed by atoms with Crippen molar-refractivity contribution >= 4 is 12.1 Å². The molecule has 3 aromatic rings. The number of hydrogen-bond donors (Lipinski definition) is 1. The van der Waals surface area contributed by atoms with Crippen LogP contribution in [0.1, 0.15) is 28.2 Å². The number of ether oxygens (including phenoxy) is 2. The van der Waals surface area contributed by atoms with Crippen LogP contribution in [-0.2, 0) is 22.5 Å². The molecule has 0 radical (unpaired) electrons. The monoisotopic (exact) mass is 429 g/mol. The van der Waals surface area contributed by atoms with Crippen LogP contribution >= 0.6 is 0 Å². The first kappa shape index (κ1) is 20.1. The van der Waals surface area contributed by atoms with E-state index >= 15 is 0 Å². The van der Waals surface area contributed by atoms with E-state index in [-0.39, 0.29) is 25.5 Å². The Balaban J connectivity index is 1.39. The number of carbonyl (C=O) groups is 2. The highest BCUT2D eigenvalue weighted by atomic mass is 16.6. The van der Waals surface area contributed by atoms with Crippen LogP contribution in [0.15, 0.2) is 66.7 Å². The Bertz CT molecular complexity index is 1160. The van der Waals surface area contributed by atoms with Gasteiger partial charge in [-0.1, -0.05) is 60.7 Å². The number of hydrogen-bond acceptors (Lipinski definition) is 4. The number of carboxylic acids is 1. The molecular formula is C26H23NO5. The van der Waals surface area contributed by atoms with Gasteiger partial charge in [-0.25, -0.2) is 9.59 Å². The molecule has 0 aromatic heterocycles. The first-order valence-corrected chi connectivity index (χ1v) is 10.6. The number of rotatable bonds is 4. The second kappa shape index (κ2) is 8.04. The quantitative estimate of drug-likeness (QED) is 0.663. The van der Waals surface area contributed by atoms with Gasteiger partial charge in [-0.3, -0.25) is 4.90 Å². The van der Waals surface area contributed by atoms with Gasteiger partial charge in [-0.2, -0.15) is 0 Å². The minimum absolute atomic E-state index is 0.0770. The van der Waals surface area contributed by atoms with Gasteiger partial charge < -0.3 is 14.6 Å². The van der Waals surface area contributed by atoms with Crippen molar-refractivity contribution in [3.8, 4) is 16.9 Å². The zero-order chi connectivity index (χ0) is 22.2. The summed E-state index contributed by atoms with van der Waals surface area (Å²) in [5.74, 6) is -0.497. The lowest BCUT2D eigenvalue weighted by atomic mass is 9.93. The highest BCUT2D eigenvalue weighted by Crippen LogP contribution is 2.44. The molecule has 5 rings (SSSR count). The van der Waals surface area contributed by atoms with Crippen molar-refractivity contribution in [2.75, 3.05) is 13.7 Å². The van der Waals surface area contributed by atoms with Crippen LogP contribution in [0.4, 0.5) is 4.79 Å². The predicted molar refractivity (Wildman–Crippen MR) is 119 cm³/mol. The number of nitrogens with zero attached hydrogens (tertiary/aromatic N) is 1. The molecule has 1 N–H and O–H groups in total. The lowest BCUT2D eigenvalue weighted by Gasteiger charge is -2.34. The topological polar surface area (TPSA) is 76.1 Å². The highest BCUT2D eigenvalue weighted by molar-refractivity contribution is 5.82. The fraction of sp³-hybridized carbons (Fsp3) is 0.231. The van der Waals surface area contributed by atoms with Gasteiger partial charge in [0.2, 0.25) is 0 Å². The fourth-order valence-electron chi connectivity index (χ4n) is 4.87. The highest BCUT2D eigenvalue weighted by Gasteiger charge is 2.38. The summed E-state index contributed by atoms with van der Waals surface area (Å²) in [5.41, 5.74) is 6.22. The van der Waals surface area contributed by atoms with Crippen LogP contribution in [0.5, 0.6) is 5.75 Å². The fourth-order valence-corrected chi connectivity index (χ4v) is 4.87. The molecule has 32 heavy (non-hydrogen) atoms. The molecule has 1 amide bonds. The maximum absolute atomic E-state index is 13.1. The zero-order valence-electron chi connectivity index (χ0n) is 17.7. The number of aliphatic carboxylic acids is 1. The van der Waals surface area contributed by atoms with Crippen molar-refractivity contribution in [1.29, 1.82) is 0 Å². The lowest BCUT2D eigenvalue weighted by molar-refractivity contribution is -0.143. The Morgan fingerprint density at radius 3 is 2.25 bits per heavy atom. The van der Waals surface area contributed by atoms with Crippen LogP contribution in [0, 0.1) is 0 Å². The standard InChI is InChI=1S/C26H23NO5/c1-31-24-12-6-7-16-14-27(23(25(28)29)13-21(16)24)26(30)32-15-22-19-10-4-2-8-17(19)18-9-3-5-11-20(18)22/h2-12,22-23H,13-15H2,1H3,(H,28,29)/t23-/m0/s1. The average Bonchev–Trinajstić information content (AvgIpc) is 3.15. The van der Waals surface area contributed by atoms with Crippen LogP contribution in [0.3, 0.4) is 0 Å². The maximum atomic E-state index is 13.1. The molecule has 1 aliphatic heterocycles. The molecule has 0 fully saturated rings. The number of methoxy groups -OCH3 is 1. The predicted octanol–water partition coefficient (Wildman–Crippen LogP) is 4.46. The van der Waals surface area contributed by atoms with Gasteiger partial charge in [-0.05, 0) is 33.9 Å². The Morgan fingerprint density at radius 1 is 0.969 bits per heavy atom. The molecule has 0 spiro atoms. The molecule has 162 valence electrons. The minimum atomic E-state index is -1.06. The normalized spacial score (nSPS) is 16.7. The summed E-state index contributed by atoms with van der Waals surface area (Å²) in [7, 11) is 1.56. The summed E-state index contributed by atoms with van der Waals surface area (Å²) in [4.78, 5) is 26.3. The first-order valence-electron chi connectivity index (χ1n) is 10.6. The van der Waals surface area contributed by atoms with E-state index in [2.05, 4.69) is 24.3 Å². The van der Waals surface area contributed by atoms with Crippen molar-refractivity contribution in [1.82, 2.24) is 4.90 Å².